The molecule has 0 radical (unpaired) electrons. The molecule has 1 N–H and O–H groups in total. The van der Waals surface area contributed by atoms with Crippen molar-refractivity contribution in [2.75, 3.05) is 12.0 Å². The van der Waals surface area contributed by atoms with Crippen LogP contribution in [-0.2, 0) is 20.7 Å². The van der Waals surface area contributed by atoms with E-state index in [1.54, 1.807) is 12.1 Å². The van der Waals surface area contributed by atoms with Crippen LogP contribution in [0, 0.1) is 5.82 Å². The van der Waals surface area contributed by atoms with Crippen LogP contribution >= 0.6 is 11.3 Å². The monoisotopic (exact) mass is 467 g/mol. The number of ether oxygens (including phenoxy) is 1. The minimum absolute atomic E-state index is 0.175. The molecule has 1 aliphatic rings. The number of aliphatic hydroxyl groups is 1. The lowest BCUT2D eigenvalue weighted by Gasteiger charge is -2.22. The van der Waals surface area contributed by atoms with Crippen LogP contribution < -0.4 is 4.90 Å². The second-order valence-electron chi connectivity index (χ2n) is 7.12. The second-order valence-corrected chi connectivity index (χ2v) is 8.16. The Morgan fingerprint density at radius 1 is 1.09 bits per heavy atom. The number of carbonyl (C=O) groups excluding carboxylic acids is 3. The van der Waals surface area contributed by atoms with Crippen molar-refractivity contribution < 1.29 is 28.6 Å². The van der Waals surface area contributed by atoms with E-state index in [-0.39, 0.29) is 21.8 Å². The Kier molecular flexibility index (Phi) is 6.01. The molecule has 10 heteroatoms. The Morgan fingerprint density at radius 3 is 2.30 bits per heavy atom. The Bertz CT molecular complexity index is 1270. The molecule has 1 unspecified atom stereocenters. The fourth-order valence-corrected chi connectivity index (χ4v) is 4.32. The summed E-state index contributed by atoms with van der Waals surface area (Å²) >= 11 is 1.16. The molecule has 0 saturated carbocycles. The van der Waals surface area contributed by atoms with Gasteiger partial charge in [-0.05, 0) is 48.4 Å². The first-order valence-corrected chi connectivity index (χ1v) is 10.7. The number of methoxy groups -OCH3 is 1. The van der Waals surface area contributed by atoms with Crippen LogP contribution in [0.5, 0.6) is 0 Å². The molecular formula is C23H18FN3O5S. The van der Waals surface area contributed by atoms with Crippen LogP contribution in [0.4, 0.5) is 9.52 Å². The minimum Gasteiger partial charge on any atom is -0.507 e. The maximum Gasteiger partial charge on any atom is 0.337 e. The third kappa shape index (κ3) is 4.00. The number of hydrogen-bond acceptors (Lipinski definition) is 8. The summed E-state index contributed by atoms with van der Waals surface area (Å²) < 4.78 is 18.1. The van der Waals surface area contributed by atoms with Gasteiger partial charge in [0.05, 0.1) is 24.3 Å². The number of Topliss-reactive ketones (excluding diaryl/α,β-unsaturated/α-hetero) is 1. The summed E-state index contributed by atoms with van der Waals surface area (Å²) in [6.07, 6.45) is 0.593. The van der Waals surface area contributed by atoms with E-state index in [0.717, 1.165) is 23.5 Å². The fraction of sp³-hybridized carbons (Fsp3) is 0.174. The Balaban J connectivity index is 1.89. The van der Waals surface area contributed by atoms with Gasteiger partial charge in [0.15, 0.2) is 0 Å². The highest BCUT2D eigenvalue weighted by Crippen LogP contribution is 2.43. The average Bonchev–Trinajstić information content (AvgIpc) is 3.41. The van der Waals surface area contributed by atoms with Gasteiger partial charge in [0.25, 0.3) is 5.78 Å². The SMILES string of the molecule is CCc1nnc(N2C(=O)C(=O)/C(=C(/O)c3ccc(F)cc3)C2c2ccc(C(=O)OC)cc2)s1. The quantitative estimate of drug-likeness (QED) is 0.264. The fourth-order valence-electron chi connectivity index (χ4n) is 3.51. The maximum atomic E-state index is 13.4. The summed E-state index contributed by atoms with van der Waals surface area (Å²) in [6, 6.07) is 10.0. The van der Waals surface area contributed by atoms with E-state index in [0.29, 0.717) is 17.0 Å². The van der Waals surface area contributed by atoms with Crippen LogP contribution in [0.3, 0.4) is 0 Å². The third-order valence-corrected chi connectivity index (χ3v) is 6.24. The predicted octanol–water partition coefficient (Wildman–Crippen LogP) is 3.65. The van der Waals surface area contributed by atoms with Crippen molar-refractivity contribution in [3.63, 3.8) is 0 Å². The summed E-state index contributed by atoms with van der Waals surface area (Å²) in [5, 5.41) is 19.9. The molecule has 1 amide bonds. The lowest BCUT2D eigenvalue weighted by molar-refractivity contribution is -0.132. The number of hydrogen-bond donors (Lipinski definition) is 1. The lowest BCUT2D eigenvalue weighted by Crippen LogP contribution is -2.29. The molecule has 3 aromatic rings. The maximum absolute atomic E-state index is 13.4. The van der Waals surface area contributed by atoms with Crippen molar-refractivity contribution >= 4 is 39.9 Å². The van der Waals surface area contributed by atoms with Crippen molar-refractivity contribution in [2.24, 2.45) is 0 Å². The smallest absolute Gasteiger partial charge is 0.337 e. The average molecular weight is 467 g/mol. The lowest BCUT2D eigenvalue weighted by atomic mass is 9.95. The van der Waals surface area contributed by atoms with Crippen LogP contribution in [-0.4, -0.2) is 40.1 Å². The largest absolute Gasteiger partial charge is 0.507 e. The summed E-state index contributed by atoms with van der Waals surface area (Å²) in [4.78, 5) is 39.1. The minimum atomic E-state index is -1.03. The molecule has 1 saturated heterocycles. The molecule has 1 atom stereocenters. The number of benzene rings is 2. The number of rotatable bonds is 5. The van der Waals surface area contributed by atoms with Gasteiger partial charge in [0, 0.05) is 5.56 Å². The highest BCUT2D eigenvalue weighted by Gasteiger charge is 2.48. The zero-order chi connectivity index (χ0) is 23.7. The number of aliphatic hydroxyl groups excluding tert-OH is 1. The second kappa shape index (κ2) is 8.91. The van der Waals surface area contributed by atoms with Gasteiger partial charge < -0.3 is 9.84 Å². The number of ketones is 1. The molecule has 33 heavy (non-hydrogen) atoms. The van der Waals surface area contributed by atoms with E-state index in [4.69, 9.17) is 4.74 Å². The molecule has 168 valence electrons. The predicted molar refractivity (Wildman–Crippen MR) is 118 cm³/mol. The Labute approximate surface area is 192 Å². The molecule has 0 bridgehead atoms. The van der Waals surface area contributed by atoms with Crippen LogP contribution in [0.2, 0.25) is 0 Å². The zero-order valence-corrected chi connectivity index (χ0v) is 18.4. The van der Waals surface area contributed by atoms with Gasteiger partial charge in [0.2, 0.25) is 5.13 Å². The topological polar surface area (TPSA) is 110 Å². The van der Waals surface area contributed by atoms with Gasteiger partial charge in [0.1, 0.15) is 16.6 Å². The van der Waals surface area contributed by atoms with Crippen molar-refractivity contribution in [2.45, 2.75) is 19.4 Å². The number of anilines is 1. The molecule has 0 spiro atoms. The molecule has 2 aromatic carbocycles. The van der Waals surface area contributed by atoms with Crippen molar-refractivity contribution in [1.82, 2.24) is 10.2 Å². The number of aryl methyl sites for hydroxylation is 1. The Hall–Kier alpha value is -3.92. The van der Waals surface area contributed by atoms with Gasteiger partial charge in [-0.25, -0.2) is 9.18 Å². The van der Waals surface area contributed by atoms with E-state index in [1.165, 1.54) is 36.3 Å². The summed E-state index contributed by atoms with van der Waals surface area (Å²) in [7, 11) is 1.26. The van der Waals surface area contributed by atoms with Crippen LogP contribution in [0.1, 0.15) is 39.5 Å². The summed E-state index contributed by atoms with van der Waals surface area (Å²) in [5.74, 6) is -3.29. The van der Waals surface area contributed by atoms with Gasteiger partial charge in [-0.15, -0.1) is 10.2 Å². The molecule has 8 nitrogen and oxygen atoms in total. The first kappa shape index (κ1) is 22.3. The first-order chi connectivity index (χ1) is 15.8. The Morgan fingerprint density at radius 2 is 1.73 bits per heavy atom. The van der Waals surface area contributed by atoms with E-state index < -0.39 is 35.3 Å². The first-order valence-electron chi connectivity index (χ1n) is 9.93. The molecule has 1 aromatic heterocycles. The standard InChI is InChI=1S/C23H18FN3O5S/c1-3-16-25-26-23(33-16)27-18(12-4-6-14(7-5-12)22(31)32-2)17(20(29)21(27)30)19(28)13-8-10-15(24)11-9-13/h4-11,18,28H,3H2,1-2H3/b19-17+. The van der Waals surface area contributed by atoms with E-state index >= 15 is 0 Å². The molecule has 0 aliphatic carbocycles. The normalized spacial score (nSPS) is 17.4. The summed E-state index contributed by atoms with van der Waals surface area (Å²) in [6.45, 7) is 1.88. The van der Waals surface area contributed by atoms with Crippen molar-refractivity contribution in [1.29, 1.82) is 0 Å². The number of halogens is 1. The van der Waals surface area contributed by atoms with Crippen LogP contribution in [0.15, 0.2) is 54.1 Å². The zero-order valence-electron chi connectivity index (χ0n) is 17.6. The highest BCUT2D eigenvalue weighted by atomic mass is 32.1. The van der Waals surface area contributed by atoms with Gasteiger partial charge in [-0.2, -0.15) is 0 Å². The summed E-state index contributed by atoms with van der Waals surface area (Å²) in [5.41, 5.74) is 0.738. The van der Waals surface area contributed by atoms with Crippen molar-refractivity contribution in [3.05, 3.63) is 81.6 Å². The van der Waals surface area contributed by atoms with E-state index in [2.05, 4.69) is 10.2 Å². The van der Waals surface area contributed by atoms with Crippen LogP contribution in [0.25, 0.3) is 5.76 Å². The van der Waals surface area contributed by atoms with Gasteiger partial charge >= 0.3 is 11.9 Å². The highest BCUT2D eigenvalue weighted by molar-refractivity contribution is 7.15. The molecule has 1 aliphatic heterocycles. The van der Waals surface area contributed by atoms with E-state index in [1.807, 2.05) is 6.92 Å². The third-order valence-electron chi connectivity index (χ3n) is 5.17. The molecule has 2 heterocycles. The molecule has 1 fully saturated rings. The van der Waals surface area contributed by atoms with Gasteiger partial charge in [-0.3, -0.25) is 14.5 Å². The number of esters is 1. The number of amides is 1. The molecule has 4 rings (SSSR count). The van der Waals surface area contributed by atoms with Gasteiger partial charge in [-0.1, -0.05) is 30.4 Å². The molecular weight excluding hydrogens is 449 g/mol. The number of carbonyl (C=O) groups is 3. The van der Waals surface area contributed by atoms with E-state index in [9.17, 15) is 23.9 Å². The van der Waals surface area contributed by atoms with Crippen molar-refractivity contribution in [3.8, 4) is 0 Å². The number of nitrogens with zero attached hydrogens (tertiary/aromatic N) is 3. The number of aromatic nitrogens is 2.